The highest BCUT2D eigenvalue weighted by Crippen LogP contribution is 2.43. The van der Waals surface area contributed by atoms with Crippen molar-refractivity contribution in [2.75, 3.05) is 22.9 Å². The van der Waals surface area contributed by atoms with Crippen molar-refractivity contribution in [2.45, 2.75) is 90.3 Å². The van der Waals surface area contributed by atoms with E-state index in [2.05, 4.69) is 32.4 Å². The van der Waals surface area contributed by atoms with E-state index >= 15 is 0 Å². The van der Waals surface area contributed by atoms with E-state index in [-0.39, 0.29) is 42.6 Å². The van der Waals surface area contributed by atoms with Crippen molar-refractivity contribution >= 4 is 17.6 Å². The molecule has 14 heteroatoms. The first-order chi connectivity index (χ1) is 25.1. The number of tetrazole rings is 1. The van der Waals surface area contributed by atoms with E-state index in [0.29, 0.717) is 25.2 Å². The predicted octanol–water partition coefficient (Wildman–Crippen LogP) is 9.15. The summed E-state index contributed by atoms with van der Waals surface area (Å²) >= 11 is 0. The Bertz CT molecular complexity index is 1840. The molecule has 0 N–H and O–H groups in total. The summed E-state index contributed by atoms with van der Waals surface area (Å²) in [4.78, 5) is 17.9. The summed E-state index contributed by atoms with van der Waals surface area (Å²) in [6, 6.07) is 15.0. The van der Waals surface area contributed by atoms with Gasteiger partial charge in [0.15, 0.2) is 0 Å². The first-order valence-electron chi connectivity index (χ1n) is 18.0. The van der Waals surface area contributed by atoms with Crippen LogP contribution in [0.1, 0.15) is 89.9 Å². The summed E-state index contributed by atoms with van der Waals surface area (Å²) in [5.74, 6) is 0.586. The molecule has 8 nitrogen and oxygen atoms in total. The van der Waals surface area contributed by atoms with Gasteiger partial charge in [0.1, 0.15) is 6.61 Å². The van der Waals surface area contributed by atoms with Crippen LogP contribution in [-0.2, 0) is 42.1 Å². The fraction of sp³-hybridized carbons (Fsp3) is 0.487. The molecule has 2 heterocycles. The highest BCUT2D eigenvalue weighted by Gasteiger charge is 2.38. The smallest absolute Gasteiger partial charge is 0.416 e. The fourth-order valence-corrected chi connectivity index (χ4v) is 7.61. The van der Waals surface area contributed by atoms with Gasteiger partial charge in [-0.15, -0.1) is 5.10 Å². The first kappa shape index (κ1) is 38.1. The number of carbonyl (C=O) groups is 1. The van der Waals surface area contributed by atoms with Gasteiger partial charge in [-0.25, -0.2) is 0 Å². The number of nitrogens with zero attached hydrogens (tertiary/aromatic N) is 6. The molecule has 1 aromatic heterocycles. The first-order valence-corrected chi connectivity index (χ1v) is 18.0. The lowest BCUT2D eigenvalue weighted by Crippen LogP contribution is -2.33. The molecule has 1 saturated carbocycles. The molecule has 0 radical (unpaired) electrons. The molecule has 2 aliphatic rings. The molecule has 1 fully saturated rings. The number of hydrogen-bond acceptors (Lipinski definition) is 7. The third-order valence-corrected chi connectivity index (χ3v) is 10.5. The SMILES string of the molecule is Cc1cc2c(cc1C)N(CC1CCC(CC(=O)OCc3ccccc3)CC1)CCC[C@@H]2N(Cc1cc(C(F)(F)F)cc(C(F)(F)F)c1)c1nnn(C)n1. The number of aryl methyl sites for hydroxylation is 3. The van der Waals surface area contributed by atoms with Crippen LogP contribution in [0, 0.1) is 25.7 Å². The number of anilines is 2. The number of halogens is 6. The van der Waals surface area contributed by atoms with Gasteiger partial charge < -0.3 is 14.5 Å². The number of benzene rings is 3. The third kappa shape index (κ3) is 9.49. The Morgan fingerprint density at radius 2 is 1.49 bits per heavy atom. The second kappa shape index (κ2) is 15.8. The number of fused-ring (bicyclic) bond motifs is 1. The number of hydrogen-bond donors (Lipinski definition) is 0. The molecule has 1 aliphatic carbocycles. The standard InChI is InChI=1S/C39H44F6N6O2/c1-25-16-33-34(51(37-46-48-49(3)47-37)23-30-18-31(38(40,41)42)21-32(19-30)39(43,44)45)10-7-15-50(35(33)17-26(25)2)22-28-13-11-27(12-14-28)20-36(52)53-24-29-8-5-4-6-9-29/h4-6,8-9,16-19,21,27-28,34H,7,10-15,20,22-24H2,1-3H3/t27?,28?,34-/m0/s1. The van der Waals surface area contributed by atoms with Gasteiger partial charge >= 0.3 is 18.3 Å². The molecule has 1 aliphatic heterocycles. The van der Waals surface area contributed by atoms with Gasteiger partial charge in [0.25, 0.3) is 5.95 Å². The van der Waals surface area contributed by atoms with Gasteiger partial charge in [0.05, 0.1) is 24.2 Å². The molecule has 6 rings (SSSR count). The number of carbonyl (C=O) groups excluding carboxylic acids is 1. The monoisotopic (exact) mass is 742 g/mol. The van der Waals surface area contributed by atoms with Crippen LogP contribution in [0.15, 0.2) is 60.7 Å². The van der Waals surface area contributed by atoms with Crippen molar-refractivity contribution in [3.63, 3.8) is 0 Å². The van der Waals surface area contributed by atoms with Crippen molar-refractivity contribution in [3.05, 3.63) is 99.6 Å². The van der Waals surface area contributed by atoms with Crippen LogP contribution in [0.2, 0.25) is 0 Å². The van der Waals surface area contributed by atoms with Crippen LogP contribution < -0.4 is 9.80 Å². The van der Waals surface area contributed by atoms with Gasteiger partial charge in [0, 0.05) is 31.7 Å². The largest absolute Gasteiger partial charge is 0.461 e. The quantitative estimate of drug-likeness (QED) is 0.119. The Labute approximate surface area is 305 Å². The number of alkyl halides is 6. The number of rotatable bonds is 10. The van der Waals surface area contributed by atoms with E-state index in [1.807, 2.05) is 44.2 Å². The van der Waals surface area contributed by atoms with Crippen LogP contribution in [0.3, 0.4) is 0 Å². The zero-order chi connectivity index (χ0) is 37.9. The lowest BCUT2D eigenvalue weighted by atomic mass is 9.80. The van der Waals surface area contributed by atoms with Crippen molar-refractivity contribution in [1.82, 2.24) is 20.2 Å². The summed E-state index contributed by atoms with van der Waals surface area (Å²) < 4.78 is 88.6. The van der Waals surface area contributed by atoms with Crippen molar-refractivity contribution in [1.29, 1.82) is 0 Å². The van der Waals surface area contributed by atoms with E-state index in [9.17, 15) is 31.1 Å². The van der Waals surface area contributed by atoms with Crippen LogP contribution in [0.5, 0.6) is 0 Å². The van der Waals surface area contributed by atoms with Crippen LogP contribution in [-0.4, -0.2) is 39.3 Å². The van der Waals surface area contributed by atoms with E-state index in [1.54, 1.807) is 11.9 Å². The molecular formula is C39H44F6N6O2. The molecule has 4 aromatic rings. The van der Waals surface area contributed by atoms with Gasteiger partial charge in [-0.1, -0.05) is 41.5 Å². The van der Waals surface area contributed by atoms with Crippen LogP contribution in [0.25, 0.3) is 0 Å². The molecule has 0 saturated heterocycles. The minimum atomic E-state index is -4.97. The Morgan fingerprint density at radius 3 is 2.11 bits per heavy atom. The highest BCUT2D eigenvalue weighted by molar-refractivity contribution is 5.69. The Kier molecular flexibility index (Phi) is 11.3. The molecule has 0 unspecified atom stereocenters. The topological polar surface area (TPSA) is 76.4 Å². The zero-order valence-corrected chi connectivity index (χ0v) is 30.1. The van der Waals surface area contributed by atoms with Gasteiger partial charge in [0.2, 0.25) is 0 Å². The molecule has 53 heavy (non-hydrogen) atoms. The normalized spacial score (nSPS) is 19.4. The average Bonchev–Trinajstić information content (AvgIpc) is 3.47. The molecule has 3 aromatic carbocycles. The second-order valence-electron chi connectivity index (χ2n) is 14.5. The van der Waals surface area contributed by atoms with Gasteiger partial charge in [-0.2, -0.15) is 31.1 Å². The van der Waals surface area contributed by atoms with Crippen LogP contribution in [0.4, 0.5) is 38.0 Å². The number of aromatic nitrogens is 4. The summed E-state index contributed by atoms with van der Waals surface area (Å²) in [6.45, 7) is 5.50. The van der Waals surface area contributed by atoms with Gasteiger partial charge in [-0.3, -0.25) is 4.79 Å². The van der Waals surface area contributed by atoms with Crippen molar-refractivity contribution in [3.8, 4) is 0 Å². The maximum absolute atomic E-state index is 13.8. The van der Waals surface area contributed by atoms with E-state index in [0.717, 1.165) is 78.8 Å². The molecule has 0 amide bonds. The highest BCUT2D eigenvalue weighted by atomic mass is 19.4. The number of ether oxygens (including phenoxy) is 1. The van der Waals surface area contributed by atoms with E-state index < -0.39 is 29.5 Å². The summed E-state index contributed by atoms with van der Waals surface area (Å²) in [5.41, 5.74) is 2.04. The van der Waals surface area contributed by atoms with E-state index in [4.69, 9.17) is 4.74 Å². The average molecular weight is 743 g/mol. The van der Waals surface area contributed by atoms with E-state index in [1.165, 1.54) is 4.80 Å². The van der Waals surface area contributed by atoms with Crippen molar-refractivity contribution in [2.24, 2.45) is 18.9 Å². The Balaban J connectivity index is 1.22. The second-order valence-corrected chi connectivity index (χ2v) is 14.5. The predicted molar refractivity (Wildman–Crippen MR) is 188 cm³/mol. The van der Waals surface area contributed by atoms with Crippen molar-refractivity contribution < 1.29 is 35.9 Å². The van der Waals surface area contributed by atoms with Crippen LogP contribution >= 0.6 is 0 Å². The summed E-state index contributed by atoms with van der Waals surface area (Å²) in [6.07, 6.45) is -4.50. The zero-order valence-electron chi connectivity index (χ0n) is 30.1. The molecule has 284 valence electrons. The molecule has 0 bridgehead atoms. The number of esters is 1. The maximum Gasteiger partial charge on any atom is 0.416 e. The Morgan fingerprint density at radius 1 is 0.849 bits per heavy atom. The minimum absolute atomic E-state index is 0.113. The lowest BCUT2D eigenvalue weighted by Gasteiger charge is -2.35. The molecule has 1 atom stereocenters. The fourth-order valence-electron chi connectivity index (χ4n) is 7.61. The maximum atomic E-state index is 13.8. The third-order valence-electron chi connectivity index (χ3n) is 10.5. The summed E-state index contributed by atoms with van der Waals surface area (Å²) in [7, 11) is 1.55. The lowest BCUT2D eigenvalue weighted by molar-refractivity contribution is -0.146. The van der Waals surface area contributed by atoms with Gasteiger partial charge in [-0.05, 0) is 122 Å². The molecular weight excluding hydrogens is 698 g/mol. The summed E-state index contributed by atoms with van der Waals surface area (Å²) in [5, 5.41) is 12.5. The molecule has 0 spiro atoms. The minimum Gasteiger partial charge on any atom is -0.461 e. The Hall–Kier alpha value is -4.62.